The van der Waals surface area contributed by atoms with Gasteiger partial charge < -0.3 is 15.0 Å². The number of aromatic amines is 1. The Morgan fingerprint density at radius 2 is 2.10 bits per heavy atom. The zero-order valence-corrected chi connectivity index (χ0v) is 17.6. The monoisotopic (exact) mass is 396 g/mol. The SMILES string of the molecule is COc1ccc2c(c1)CCc1c-2n[nH]c1C(=O)NCCCN(C)C1CCCCC1. The predicted octanol–water partition coefficient (Wildman–Crippen LogP) is 3.57. The second-order valence-corrected chi connectivity index (χ2v) is 8.33. The molecule has 0 radical (unpaired) electrons. The number of ether oxygens (including phenoxy) is 1. The first-order valence-corrected chi connectivity index (χ1v) is 10.9. The molecule has 6 heteroatoms. The number of nitrogens with zero attached hydrogens (tertiary/aromatic N) is 2. The van der Waals surface area contributed by atoms with Gasteiger partial charge in [-0.3, -0.25) is 9.89 Å². The van der Waals surface area contributed by atoms with Crippen molar-refractivity contribution in [3.63, 3.8) is 0 Å². The van der Waals surface area contributed by atoms with Crippen molar-refractivity contribution in [3.05, 3.63) is 35.0 Å². The number of hydrogen-bond donors (Lipinski definition) is 2. The van der Waals surface area contributed by atoms with Gasteiger partial charge in [-0.05, 0) is 69.5 Å². The highest BCUT2D eigenvalue weighted by molar-refractivity contribution is 5.96. The molecule has 29 heavy (non-hydrogen) atoms. The van der Waals surface area contributed by atoms with E-state index in [-0.39, 0.29) is 5.91 Å². The highest BCUT2D eigenvalue weighted by atomic mass is 16.5. The van der Waals surface area contributed by atoms with Gasteiger partial charge in [0.2, 0.25) is 0 Å². The summed E-state index contributed by atoms with van der Waals surface area (Å²) in [5.41, 5.74) is 4.86. The summed E-state index contributed by atoms with van der Waals surface area (Å²) in [5, 5.41) is 10.5. The van der Waals surface area contributed by atoms with E-state index in [9.17, 15) is 4.79 Å². The normalized spacial score (nSPS) is 16.4. The van der Waals surface area contributed by atoms with Crippen LogP contribution < -0.4 is 10.1 Å². The lowest BCUT2D eigenvalue weighted by Crippen LogP contribution is -2.36. The molecule has 2 aromatic rings. The third-order valence-corrected chi connectivity index (χ3v) is 6.48. The van der Waals surface area contributed by atoms with Gasteiger partial charge in [0, 0.05) is 23.7 Å². The van der Waals surface area contributed by atoms with E-state index in [0.29, 0.717) is 12.2 Å². The first kappa shape index (κ1) is 20.0. The second kappa shape index (κ2) is 8.99. The van der Waals surface area contributed by atoms with Gasteiger partial charge in [0.15, 0.2) is 0 Å². The molecule has 6 nitrogen and oxygen atoms in total. The fourth-order valence-electron chi connectivity index (χ4n) is 4.74. The molecule has 0 atom stereocenters. The van der Waals surface area contributed by atoms with Crippen LogP contribution in [-0.4, -0.2) is 54.3 Å². The summed E-state index contributed by atoms with van der Waals surface area (Å²) in [6, 6.07) is 6.77. The molecular weight excluding hydrogens is 364 g/mol. The van der Waals surface area contributed by atoms with E-state index in [4.69, 9.17) is 4.74 Å². The molecule has 0 spiro atoms. The number of carbonyl (C=O) groups excluding carboxylic acids is 1. The molecular formula is C23H32N4O2. The molecule has 1 fully saturated rings. The Morgan fingerprint density at radius 3 is 2.90 bits per heavy atom. The van der Waals surface area contributed by atoms with Crippen LogP contribution in [0.3, 0.4) is 0 Å². The topological polar surface area (TPSA) is 70.2 Å². The van der Waals surface area contributed by atoms with Crippen LogP contribution in [0.15, 0.2) is 18.2 Å². The quantitative estimate of drug-likeness (QED) is 0.702. The van der Waals surface area contributed by atoms with Crippen LogP contribution in [-0.2, 0) is 12.8 Å². The molecule has 0 aliphatic heterocycles. The first-order chi connectivity index (χ1) is 14.2. The number of H-pyrrole nitrogens is 1. The van der Waals surface area contributed by atoms with Gasteiger partial charge in [0.05, 0.1) is 12.8 Å². The van der Waals surface area contributed by atoms with Crippen LogP contribution >= 0.6 is 0 Å². The number of aromatic nitrogens is 2. The summed E-state index contributed by atoms with van der Waals surface area (Å²) in [6.07, 6.45) is 9.40. The summed E-state index contributed by atoms with van der Waals surface area (Å²) in [7, 11) is 3.90. The Labute approximate surface area is 173 Å². The lowest BCUT2D eigenvalue weighted by Gasteiger charge is -2.31. The van der Waals surface area contributed by atoms with Crippen LogP contribution in [0.4, 0.5) is 0 Å². The van der Waals surface area contributed by atoms with Crippen LogP contribution in [0.2, 0.25) is 0 Å². The zero-order chi connectivity index (χ0) is 20.2. The molecule has 2 aliphatic carbocycles. The molecule has 2 N–H and O–H groups in total. The number of hydrogen-bond acceptors (Lipinski definition) is 4. The van der Waals surface area contributed by atoms with E-state index >= 15 is 0 Å². The zero-order valence-electron chi connectivity index (χ0n) is 17.6. The molecule has 4 rings (SSSR count). The third-order valence-electron chi connectivity index (χ3n) is 6.48. The highest BCUT2D eigenvalue weighted by Crippen LogP contribution is 2.35. The summed E-state index contributed by atoms with van der Waals surface area (Å²) in [4.78, 5) is 15.2. The summed E-state index contributed by atoms with van der Waals surface area (Å²) < 4.78 is 5.33. The maximum Gasteiger partial charge on any atom is 0.269 e. The van der Waals surface area contributed by atoms with Gasteiger partial charge in [0.25, 0.3) is 5.91 Å². The van der Waals surface area contributed by atoms with Crippen molar-refractivity contribution >= 4 is 5.91 Å². The Balaban J connectivity index is 1.33. The molecule has 1 saturated carbocycles. The van der Waals surface area contributed by atoms with Crippen LogP contribution in [0.5, 0.6) is 5.75 Å². The summed E-state index contributed by atoms with van der Waals surface area (Å²) in [5.74, 6) is 0.815. The number of rotatable bonds is 7. The van der Waals surface area contributed by atoms with Crippen LogP contribution in [0.1, 0.15) is 60.1 Å². The molecule has 0 saturated heterocycles. The van der Waals surface area contributed by atoms with Crippen molar-refractivity contribution in [2.75, 3.05) is 27.2 Å². The van der Waals surface area contributed by atoms with Crippen LogP contribution in [0.25, 0.3) is 11.3 Å². The number of nitrogens with one attached hydrogen (secondary N) is 2. The lowest BCUT2D eigenvalue weighted by atomic mass is 9.89. The second-order valence-electron chi connectivity index (χ2n) is 8.33. The smallest absolute Gasteiger partial charge is 0.269 e. The molecule has 1 amide bonds. The highest BCUT2D eigenvalue weighted by Gasteiger charge is 2.25. The number of carbonyl (C=O) groups is 1. The molecule has 1 heterocycles. The van der Waals surface area contributed by atoms with Crippen molar-refractivity contribution < 1.29 is 9.53 Å². The maximum atomic E-state index is 12.7. The van der Waals surface area contributed by atoms with Crippen molar-refractivity contribution in [3.8, 4) is 17.0 Å². The molecule has 2 aliphatic rings. The van der Waals surface area contributed by atoms with Crippen LogP contribution in [0, 0.1) is 0 Å². The number of aryl methyl sites for hydroxylation is 1. The van der Waals surface area contributed by atoms with E-state index < -0.39 is 0 Å². The molecule has 156 valence electrons. The van der Waals surface area contributed by atoms with E-state index in [0.717, 1.165) is 54.4 Å². The largest absolute Gasteiger partial charge is 0.497 e. The van der Waals surface area contributed by atoms with Gasteiger partial charge in [-0.25, -0.2) is 0 Å². The Bertz CT molecular complexity index is 855. The van der Waals surface area contributed by atoms with Gasteiger partial charge in [0.1, 0.15) is 11.4 Å². The number of amides is 1. The fraction of sp³-hybridized carbons (Fsp3) is 0.565. The first-order valence-electron chi connectivity index (χ1n) is 10.9. The number of methoxy groups -OCH3 is 1. The molecule has 1 aromatic heterocycles. The lowest BCUT2D eigenvalue weighted by molar-refractivity contribution is 0.0944. The minimum absolute atomic E-state index is 0.0453. The van der Waals surface area contributed by atoms with Gasteiger partial charge in [-0.1, -0.05) is 19.3 Å². The maximum absolute atomic E-state index is 12.7. The van der Waals surface area contributed by atoms with Crippen molar-refractivity contribution in [2.24, 2.45) is 0 Å². The Hall–Kier alpha value is -2.34. The predicted molar refractivity (Wildman–Crippen MR) is 114 cm³/mol. The van der Waals surface area contributed by atoms with Crippen molar-refractivity contribution in [2.45, 2.75) is 57.4 Å². The number of fused-ring (bicyclic) bond motifs is 3. The summed E-state index contributed by atoms with van der Waals surface area (Å²) >= 11 is 0. The van der Waals surface area contributed by atoms with Gasteiger partial charge >= 0.3 is 0 Å². The van der Waals surface area contributed by atoms with E-state index in [1.807, 2.05) is 12.1 Å². The van der Waals surface area contributed by atoms with Crippen molar-refractivity contribution in [1.82, 2.24) is 20.4 Å². The van der Waals surface area contributed by atoms with Gasteiger partial charge in [-0.15, -0.1) is 0 Å². The Kier molecular flexibility index (Phi) is 6.19. The standard InChI is InChI=1S/C23H32N4O2/c1-27(17-7-4-3-5-8-17)14-6-13-24-23(28)22-20-11-9-16-15-18(29-2)10-12-19(16)21(20)25-26-22/h10,12,15,17H,3-9,11,13-14H2,1-2H3,(H,24,28)(H,25,26). The average molecular weight is 397 g/mol. The molecule has 1 aromatic carbocycles. The van der Waals surface area contributed by atoms with Gasteiger partial charge in [-0.2, -0.15) is 5.10 Å². The average Bonchev–Trinajstić information content (AvgIpc) is 3.21. The van der Waals surface area contributed by atoms with Crippen molar-refractivity contribution in [1.29, 1.82) is 0 Å². The Morgan fingerprint density at radius 1 is 1.28 bits per heavy atom. The fourth-order valence-corrected chi connectivity index (χ4v) is 4.74. The third kappa shape index (κ3) is 4.32. The minimum atomic E-state index is -0.0453. The number of benzene rings is 1. The van der Waals surface area contributed by atoms with E-state index in [1.165, 1.54) is 37.7 Å². The molecule has 0 bridgehead atoms. The van der Waals surface area contributed by atoms with E-state index in [1.54, 1.807) is 7.11 Å². The molecule has 0 unspecified atom stereocenters. The van der Waals surface area contributed by atoms with E-state index in [2.05, 4.69) is 33.5 Å². The summed E-state index contributed by atoms with van der Waals surface area (Å²) in [6.45, 7) is 1.72. The minimum Gasteiger partial charge on any atom is -0.497 e.